The van der Waals surface area contributed by atoms with Crippen LogP contribution in [0.3, 0.4) is 0 Å². The zero-order valence-corrected chi connectivity index (χ0v) is 15.8. The van der Waals surface area contributed by atoms with Gasteiger partial charge in [0.15, 0.2) is 0 Å². The summed E-state index contributed by atoms with van der Waals surface area (Å²) >= 11 is 0. The van der Waals surface area contributed by atoms with E-state index in [2.05, 4.69) is 15.0 Å². The van der Waals surface area contributed by atoms with Crippen LogP contribution in [-0.4, -0.2) is 53.4 Å². The number of nitrogens with zero attached hydrogens (tertiary/aromatic N) is 1. The molecule has 28 heavy (non-hydrogen) atoms. The number of piperidine rings is 1. The number of carboxylic acids is 1. The van der Waals surface area contributed by atoms with Gasteiger partial charge in [-0.05, 0) is 57.5 Å². The van der Waals surface area contributed by atoms with E-state index in [0.29, 0.717) is 31.5 Å². The van der Waals surface area contributed by atoms with Crippen molar-refractivity contribution in [2.24, 2.45) is 5.92 Å². The first-order valence-corrected chi connectivity index (χ1v) is 9.16. The molecule has 1 fully saturated rings. The lowest BCUT2D eigenvalue weighted by molar-refractivity contribution is -0.274. The Morgan fingerprint density at radius 2 is 1.93 bits per heavy atom. The number of benzene rings is 1. The highest BCUT2D eigenvalue weighted by molar-refractivity contribution is 5.79. The molecule has 1 saturated heterocycles. The maximum Gasteiger partial charge on any atom is 0.573 e. The van der Waals surface area contributed by atoms with Gasteiger partial charge >= 0.3 is 12.3 Å². The monoisotopic (exact) mass is 402 g/mol. The second-order valence-electron chi connectivity index (χ2n) is 7.12. The number of nitrogens with one attached hydrogen (secondary N) is 1. The molecule has 1 aromatic carbocycles. The van der Waals surface area contributed by atoms with Crippen LogP contribution in [0.15, 0.2) is 24.3 Å². The van der Waals surface area contributed by atoms with Gasteiger partial charge in [0.25, 0.3) is 0 Å². The average Bonchev–Trinajstić information content (AvgIpc) is 2.59. The minimum Gasteiger partial charge on any atom is -0.481 e. The Kier molecular flexibility index (Phi) is 7.29. The number of carbonyl (C=O) groups excluding carboxylic acids is 1. The summed E-state index contributed by atoms with van der Waals surface area (Å²) in [5.74, 6) is -1.76. The van der Waals surface area contributed by atoms with Crippen LogP contribution < -0.4 is 10.1 Å². The molecule has 0 aromatic heterocycles. The summed E-state index contributed by atoms with van der Waals surface area (Å²) in [6.45, 7) is 5.11. The quantitative estimate of drug-likeness (QED) is 0.733. The van der Waals surface area contributed by atoms with E-state index in [9.17, 15) is 22.8 Å². The van der Waals surface area contributed by atoms with Crippen molar-refractivity contribution >= 4 is 11.9 Å². The molecular formula is C19H25F3N2O4. The molecule has 0 saturated carbocycles. The summed E-state index contributed by atoms with van der Waals surface area (Å²) in [7, 11) is 0. The zero-order valence-electron chi connectivity index (χ0n) is 15.8. The highest BCUT2D eigenvalue weighted by Crippen LogP contribution is 2.24. The largest absolute Gasteiger partial charge is 0.573 e. The molecule has 6 nitrogen and oxygen atoms in total. The lowest BCUT2D eigenvalue weighted by Gasteiger charge is -2.37. The number of amides is 1. The van der Waals surface area contributed by atoms with Crippen LogP contribution in [0.25, 0.3) is 0 Å². The second kappa shape index (κ2) is 9.27. The summed E-state index contributed by atoms with van der Waals surface area (Å²) in [4.78, 5) is 25.5. The van der Waals surface area contributed by atoms with E-state index in [1.165, 1.54) is 18.2 Å². The van der Waals surface area contributed by atoms with Gasteiger partial charge < -0.3 is 15.2 Å². The van der Waals surface area contributed by atoms with Crippen LogP contribution in [0.1, 0.15) is 32.3 Å². The fraction of sp³-hybridized carbons (Fsp3) is 0.579. The highest BCUT2D eigenvalue weighted by atomic mass is 19.4. The summed E-state index contributed by atoms with van der Waals surface area (Å²) in [6, 6.07) is 5.16. The predicted octanol–water partition coefficient (Wildman–Crippen LogP) is 2.82. The molecule has 1 heterocycles. The molecular weight excluding hydrogens is 377 g/mol. The van der Waals surface area contributed by atoms with Crippen molar-refractivity contribution in [3.63, 3.8) is 0 Å². The third-order valence-electron chi connectivity index (χ3n) is 5.06. The van der Waals surface area contributed by atoms with E-state index in [4.69, 9.17) is 5.11 Å². The number of carbonyl (C=O) groups is 2. The molecule has 9 heteroatoms. The second-order valence-corrected chi connectivity index (χ2v) is 7.12. The molecule has 2 rings (SSSR count). The van der Waals surface area contributed by atoms with Gasteiger partial charge in [-0.15, -0.1) is 13.2 Å². The standard InChI is InChI=1S/C19H25F3N2O4/c1-12(13(2)24-8-6-15(7-9-24)18(26)27)23-17(25)11-14-4-3-5-16(10-14)28-19(20,21)22/h3-5,10,12-13,15H,6-9,11H2,1-2H3,(H,23,25)(H,26,27)/t12?,13-/m0/s1. The molecule has 0 radical (unpaired) electrons. The van der Waals surface area contributed by atoms with Gasteiger partial charge in [-0.25, -0.2) is 0 Å². The van der Waals surface area contributed by atoms with Gasteiger partial charge in [0.2, 0.25) is 5.91 Å². The molecule has 1 unspecified atom stereocenters. The van der Waals surface area contributed by atoms with Crippen molar-refractivity contribution in [2.75, 3.05) is 13.1 Å². The fourth-order valence-corrected chi connectivity index (χ4v) is 3.33. The van der Waals surface area contributed by atoms with E-state index in [-0.39, 0.29) is 36.1 Å². The van der Waals surface area contributed by atoms with Gasteiger partial charge in [-0.2, -0.15) is 0 Å². The number of aliphatic carboxylic acids is 1. The number of likely N-dealkylation sites (tertiary alicyclic amines) is 1. The Morgan fingerprint density at radius 3 is 2.50 bits per heavy atom. The normalized spacial score (nSPS) is 18.3. The van der Waals surface area contributed by atoms with Gasteiger partial charge in [0.1, 0.15) is 5.75 Å². The van der Waals surface area contributed by atoms with E-state index in [1.54, 1.807) is 6.07 Å². The first-order valence-electron chi connectivity index (χ1n) is 9.16. The lowest BCUT2D eigenvalue weighted by atomic mass is 9.95. The van der Waals surface area contributed by atoms with Gasteiger partial charge in [0, 0.05) is 12.1 Å². The van der Waals surface area contributed by atoms with Crippen LogP contribution in [0.4, 0.5) is 13.2 Å². The van der Waals surface area contributed by atoms with Crippen LogP contribution >= 0.6 is 0 Å². The predicted molar refractivity (Wildman–Crippen MR) is 95.8 cm³/mol. The number of halogens is 3. The van der Waals surface area contributed by atoms with Crippen molar-refractivity contribution < 1.29 is 32.6 Å². The van der Waals surface area contributed by atoms with E-state index in [1.807, 2.05) is 13.8 Å². The zero-order chi connectivity index (χ0) is 20.9. The smallest absolute Gasteiger partial charge is 0.481 e. The average molecular weight is 402 g/mol. The molecule has 1 amide bonds. The molecule has 1 aromatic rings. The lowest BCUT2D eigenvalue weighted by Crippen LogP contribution is -2.51. The molecule has 0 spiro atoms. The third-order valence-corrected chi connectivity index (χ3v) is 5.06. The van der Waals surface area contributed by atoms with Gasteiger partial charge in [-0.3, -0.25) is 14.5 Å². The van der Waals surface area contributed by atoms with Gasteiger partial charge in [-0.1, -0.05) is 12.1 Å². The summed E-state index contributed by atoms with van der Waals surface area (Å²) < 4.78 is 40.8. The number of rotatable bonds is 7. The Balaban J connectivity index is 1.85. The minimum atomic E-state index is -4.78. The number of hydrogen-bond donors (Lipinski definition) is 2. The van der Waals surface area contributed by atoms with E-state index in [0.717, 1.165) is 0 Å². The van der Waals surface area contributed by atoms with Crippen molar-refractivity contribution in [1.82, 2.24) is 10.2 Å². The Morgan fingerprint density at radius 1 is 1.29 bits per heavy atom. The van der Waals surface area contributed by atoms with Crippen LogP contribution in [0.2, 0.25) is 0 Å². The maximum atomic E-state index is 12.3. The van der Waals surface area contributed by atoms with Crippen molar-refractivity contribution in [3.8, 4) is 5.75 Å². The van der Waals surface area contributed by atoms with Crippen LogP contribution in [0, 0.1) is 5.92 Å². The minimum absolute atomic E-state index is 0.0126. The molecule has 2 N–H and O–H groups in total. The molecule has 1 aliphatic rings. The van der Waals surface area contributed by atoms with E-state index < -0.39 is 12.3 Å². The first-order chi connectivity index (χ1) is 13.0. The first kappa shape index (κ1) is 22.0. The number of alkyl halides is 3. The molecule has 2 atom stereocenters. The summed E-state index contributed by atoms with van der Waals surface area (Å²) in [5.41, 5.74) is 0.418. The maximum absolute atomic E-state index is 12.3. The van der Waals surface area contributed by atoms with Crippen LogP contribution in [0.5, 0.6) is 5.75 Å². The van der Waals surface area contributed by atoms with Gasteiger partial charge in [0.05, 0.1) is 12.3 Å². The number of carboxylic acid groups (broad SMARTS) is 1. The SMILES string of the molecule is CC(NC(=O)Cc1cccc(OC(F)(F)F)c1)[C@H](C)N1CCC(C(=O)O)CC1. The number of ether oxygens (including phenoxy) is 1. The Hall–Kier alpha value is -2.29. The third kappa shape index (κ3) is 6.70. The summed E-state index contributed by atoms with van der Waals surface area (Å²) in [5, 5.41) is 11.9. The molecule has 0 aliphatic carbocycles. The van der Waals surface area contributed by atoms with Crippen molar-refractivity contribution in [1.29, 1.82) is 0 Å². The van der Waals surface area contributed by atoms with Crippen LogP contribution in [-0.2, 0) is 16.0 Å². The fourth-order valence-electron chi connectivity index (χ4n) is 3.33. The summed E-state index contributed by atoms with van der Waals surface area (Å²) in [6.07, 6.45) is -3.69. The molecule has 156 valence electrons. The molecule has 1 aliphatic heterocycles. The van der Waals surface area contributed by atoms with Crippen molar-refractivity contribution in [3.05, 3.63) is 29.8 Å². The highest BCUT2D eigenvalue weighted by Gasteiger charge is 2.31. The molecule has 0 bridgehead atoms. The van der Waals surface area contributed by atoms with Crippen molar-refractivity contribution in [2.45, 2.75) is 51.6 Å². The van der Waals surface area contributed by atoms with E-state index >= 15 is 0 Å². The number of hydrogen-bond acceptors (Lipinski definition) is 4. The Labute approximate surface area is 161 Å². The Bertz CT molecular complexity index is 688. The topological polar surface area (TPSA) is 78.9 Å².